The fourth-order valence-corrected chi connectivity index (χ4v) is 13.1. The third-order valence-electron chi connectivity index (χ3n) is 18.3. The van der Waals surface area contributed by atoms with E-state index in [1.807, 2.05) is 9.80 Å². The zero-order chi connectivity index (χ0) is 63.5. The number of ether oxygens (including phenoxy) is 7. The summed E-state index contributed by atoms with van der Waals surface area (Å²) in [5.74, 6) is -0.379. The minimum absolute atomic E-state index is 0.0241. The highest BCUT2D eigenvalue weighted by molar-refractivity contribution is 6.74. The van der Waals surface area contributed by atoms with Crippen molar-refractivity contribution in [2.75, 3.05) is 75.4 Å². The maximum Gasteiger partial charge on any atom is 0.416 e. The van der Waals surface area contributed by atoms with E-state index < -0.39 is 62.8 Å². The number of hydrogen-bond acceptors (Lipinski definition) is 15. The molecule has 6 aliphatic rings. The van der Waals surface area contributed by atoms with Gasteiger partial charge in [-0.15, -0.1) is 0 Å². The molecule has 4 fully saturated rings. The third kappa shape index (κ3) is 14.2. The molecule has 23 heteroatoms. The summed E-state index contributed by atoms with van der Waals surface area (Å²) in [6.07, 6.45) is 7.33. The molecule has 3 aromatic rings. The summed E-state index contributed by atoms with van der Waals surface area (Å²) < 4.78 is 48.5. The van der Waals surface area contributed by atoms with Gasteiger partial charge in [0.2, 0.25) is 11.8 Å². The van der Waals surface area contributed by atoms with E-state index in [1.165, 1.54) is 43.1 Å². The molecular formula is C65H87N7O15Si. The molecule has 0 radical (unpaired) electrons. The van der Waals surface area contributed by atoms with Gasteiger partial charge in [-0.2, -0.15) is 0 Å². The average Bonchev–Trinajstić information content (AvgIpc) is 1.72. The minimum atomic E-state index is -2.69. The van der Waals surface area contributed by atoms with E-state index in [-0.39, 0.29) is 83.9 Å². The Labute approximate surface area is 517 Å². The van der Waals surface area contributed by atoms with E-state index in [4.69, 9.17) is 37.6 Å². The molecule has 0 aromatic heterocycles. The Morgan fingerprint density at radius 2 is 1.27 bits per heavy atom. The lowest BCUT2D eigenvalue weighted by Crippen LogP contribution is -2.58. The fourth-order valence-electron chi connectivity index (χ4n) is 11.8. The number of unbranched alkanes of at least 4 members (excludes halogenated alkanes) is 2. The number of benzene rings is 3. The van der Waals surface area contributed by atoms with Crippen LogP contribution in [-0.2, 0) is 34.8 Å². The second-order valence-corrected chi connectivity index (χ2v) is 30.9. The van der Waals surface area contributed by atoms with E-state index in [1.54, 1.807) is 62.4 Å². The average molecular weight is 1230 g/mol. The SMILES string of the molecule is C=CCOC(=O)N[C@H](C(=O)N[C@@H](C)C(=O)Nc1ccc(COC(=O)N2c3cc(OCCCCCOc4cc5c(cc4OC)C(=O)N4CC6(CC6)C[C@H]4CN5C(=O)OCC=C)c(OC)cc3C(=O)N3CC4(CC4)C[C@H]3C2O[Si](C)(C)C(C)(C)C)cc1)C(C)C. The monoisotopic (exact) mass is 1230 g/mol. The number of carbonyl (C=O) groups is 7. The standard InChI is InChI=1S/C65H87N7O15Si/c1-13-26-84-60(77)68-54(40(3)4)56(74)66-41(5)55(73)67-43-20-18-42(19-21-43)37-86-62(79)72-48-33-53(51(81-10)31-46(48)58(76)71-39-65(24-25-65)35-49(71)59(72)87-88(11,12)63(6,7)8)83-29-17-15-16-28-82-52-32-47-45(30-50(52)80-9)57(75)70-38-64(22-23-64)34-44(70)36-69(47)61(78)85-27-14-2/h13-14,18-21,30-33,40-41,44,49,54,59H,1-2,15-17,22-29,34-39H2,3-12H3,(H,66,74)(H,67,73)(H,68,77)/t41-,44-,49-,54-,59?/m0/s1. The predicted octanol–water partition coefficient (Wildman–Crippen LogP) is 10.3. The molecule has 7 amide bonds. The van der Waals surface area contributed by atoms with Crippen LogP contribution in [0.4, 0.5) is 31.4 Å². The zero-order valence-electron chi connectivity index (χ0n) is 52.6. The van der Waals surface area contributed by atoms with Crippen molar-refractivity contribution >= 4 is 67.3 Å². The minimum Gasteiger partial charge on any atom is -0.493 e. The van der Waals surface area contributed by atoms with Crippen LogP contribution in [0.1, 0.15) is 126 Å². The van der Waals surface area contributed by atoms with Crippen molar-refractivity contribution in [3.05, 3.63) is 90.5 Å². The van der Waals surface area contributed by atoms with Gasteiger partial charge in [-0.3, -0.25) is 24.1 Å². The second kappa shape index (κ2) is 26.5. The lowest BCUT2D eigenvalue weighted by molar-refractivity contribution is -0.128. The van der Waals surface area contributed by atoms with Crippen molar-refractivity contribution in [2.45, 2.75) is 154 Å². The maximum atomic E-state index is 15.1. The van der Waals surface area contributed by atoms with Gasteiger partial charge < -0.3 is 63.3 Å². The summed E-state index contributed by atoms with van der Waals surface area (Å²) in [7, 11) is 0.338. The third-order valence-corrected chi connectivity index (χ3v) is 22.8. The molecule has 2 aliphatic carbocycles. The van der Waals surface area contributed by atoms with Gasteiger partial charge in [0.1, 0.15) is 31.9 Å². The van der Waals surface area contributed by atoms with Gasteiger partial charge in [0, 0.05) is 37.5 Å². The van der Waals surface area contributed by atoms with Gasteiger partial charge in [-0.25, -0.2) is 19.3 Å². The Morgan fingerprint density at radius 3 is 1.85 bits per heavy atom. The first-order chi connectivity index (χ1) is 41.8. The lowest BCUT2D eigenvalue weighted by Gasteiger charge is -2.44. The van der Waals surface area contributed by atoms with Gasteiger partial charge in [-0.1, -0.05) is 72.1 Å². The van der Waals surface area contributed by atoms with E-state index in [0.29, 0.717) is 90.8 Å². The number of alkyl carbamates (subject to hydrolysis) is 1. The van der Waals surface area contributed by atoms with Crippen LogP contribution in [-0.4, -0.2) is 151 Å². The molecule has 5 atom stereocenters. The number of nitrogens with one attached hydrogen (secondary N) is 3. The number of hydrogen-bond donors (Lipinski definition) is 3. The summed E-state index contributed by atoms with van der Waals surface area (Å²) in [5, 5.41) is 7.72. The van der Waals surface area contributed by atoms with E-state index >= 15 is 9.59 Å². The van der Waals surface area contributed by atoms with E-state index in [9.17, 15) is 24.0 Å². The van der Waals surface area contributed by atoms with Crippen molar-refractivity contribution in [1.29, 1.82) is 0 Å². The molecule has 2 spiro atoms. The van der Waals surface area contributed by atoms with Crippen molar-refractivity contribution in [2.24, 2.45) is 16.7 Å². The van der Waals surface area contributed by atoms with Gasteiger partial charge >= 0.3 is 18.3 Å². The summed E-state index contributed by atoms with van der Waals surface area (Å²) >= 11 is 0. The van der Waals surface area contributed by atoms with Crippen LogP contribution in [0.15, 0.2) is 73.8 Å². The Morgan fingerprint density at radius 1 is 0.705 bits per heavy atom. The van der Waals surface area contributed by atoms with Crippen LogP contribution >= 0.6 is 0 Å². The van der Waals surface area contributed by atoms with E-state index in [0.717, 1.165) is 32.1 Å². The van der Waals surface area contributed by atoms with Gasteiger partial charge in [0.25, 0.3) is 11.8 Å². The molecule has 9 rings (SSSR count). The van der Waals surface area contributed by atoms with Crippen molar-refractivity contribution in [3.63, 3.8) is 0 Å². The Balaban J connectivity index is 0.887. The molecule has 4 heterocycles. The molecule has 2 saturated heterocycles. The number of rotatable bonds is 24. The largest absolute Gasteiger partial charge is 0.493 e. The van der Waals surface area contributed by atoms with E-state index in [2.05, 4.69) is 63.0 Å². The molecule has 476 valence electrons. The lowest BCUT2D eigenvalue weighted by atomic mass is 10.0. The van der Waals surface area contributed by atoms with Crippen LogP contribution in [0.5, 0.6) is 23.0 Å². The smallest absolute Gasteiger partial charge is 0.416 e. The number of amides is 7. The zero-order valence-corrected chi connectivity index (χ0v) is 53.6. The van der Waals surface area contributed by atoms with Crippen LogP contribution in [0.25, 0.3) is 0 Å². The first-order valence-electron chi connectivity index (χ1n) is 30.6. The number of fused-ring (bicyclic) bond motifs is 4. The molecule has 88 heavy (non-hydrogen) atoms. The first-order valence-corrected chi connectivity index (χ1v) is 33.5. The number of nitrogens with zero attached hydrogens (tertiary/aromatic N) is 4. The Hall–Kier alpha value is -7.79. The molecule has 2 saturated carbocycles. The Kier molecular flexibility index (Phi) is 19.5. The summed E-state index contributed by atoms with van der Waals surface area (Å²) in [4.78, 5) is 103. The van der Waals surface area contributed by atoms with Crippen molar-refractivity contribution in [1.82, 2.24) is 20.4 Å². The van der Waals surface area contributed by atoms with Crippen molar-refractivity contribution < 1.29 is 71.1 Å². The summed E-state index contributed by atoms with van der Waals surface area (Å²) in [6.45, 7) is 24.7. The van der Waals surface area contributed by atoms with Crippen LogP contribution in [0.2, 0.25) is 18.1 Å². The maximum absolute atomic E-state index is 15.1. The normalized spacial score (nSPS) is 20.1. The van der Waals surface area contributed by atoms with Gasteiger partial charge in [0.15, 0.2) is 37.5 Å². The highest BCUT2D eigenvalue weighted by Crippen LogP contribution is 2.59. The van der Waals surface area contributed by atoms with Gasteiger partial charge in [0.05, 0.1) is 62.0 Å². The molecule has 3 aromatic carbocycles. The molecule has 3 N–H and O–H groups in total. The summed E-state index contributed by atoms with van der Waals surface area (Å²) in [5.41, 5.74) is 2.35. The number of methoxy groups -OCH3 is 2. The van der Waals surface area contributed by atoms with Gasteiger partial charge in [-0.05, 0) is 129 Å². The van der Waals surface area contributed by atoms with Crippen molar-refractivity contribution in [3.8, 4) is 23.0 Å². The highest BCUT2D eigenvalue weighted by Gasteiger charge is 2.60. The summed E-state index contributed by atoms with van der Waals surface area (Å²) in [6, 6.07) is 10.8. The fraction of sp³-hybridized carbons (Fsp3) is 0.554. The van der Waals surface area contributed by atoms with Crippen LogP contribution in [0.3, 0.4) is 0 Å². The second-order valence-electron chi connectivity index (χ2n) is 26.1. The predicted molar refractivity (Wildman–Crippen MR) is 333 cm³/mol. The molecule has 4 aliphatic heterocycles. The Bertz CT molecular complexity index is 3160. The van der Waals surface area contributed by atoms with Crippen LogP contribution < -0.4 is 44.7 Å². The highest BCUT2D eigenvalue weighted by atomic mass is 28.4. The molecule has 0 bridgehead atoms. The topological polar surface area (TPSA) is 242 Å². The number of anilines is 3. The number of carbonyl (C=O) groups excluding carboxylic acids is 7. The first kappa shape index (κ1) is 64.7. The van der Waals surface area contributed by atoms with Crippen LogP contribution in [0, 0.1) is 16.7 Å². The molecular weight excluding hydrogens is 1150 g/mol. The molecule has 22 nitrogen and oxygen atoms in total. The quantitative estimate of drug-likeness (QED) is 0.0327. The molecule has 1 unspecified atom stereocenters.